The second kappa shape index (κ2) is 14.7. The van der Waals surface area contributed by atoms with Crippen LogP contribution in [0.4, 0.5) is 5.69 Å². The lowest BCUT2D eigenvalue weighted by Crippen LogP contribution is -2.39. The van der Waals surface area contributed by atoms with Gasteiger partial charge in [-0.1, -0.05) is 69.6 Å². The first-order valence-electron chi connectivity index (χ1n) is 12.5. The Balaban J connectivity index is 2.16. The molecule has 35 heavy (non-hydrogen) atoms. The summed E-state index contributed by atoms with van der Waals surface area (Å²) >= 11 is 1.56. The van der Waals surface area contributed by atoms with Crippen LogP contribution in [0.1, 0.15) is 37.8 Å². The van der Waals surface area contributed by atoms with Crippen molar-refractivity contribution in [2.45, 2.75) is 51.2 Å². The van der Waals surface area contributed by atoms with Crippen LogP contribution in [0.3, 0.4) is 0 Å². The van der Waals surface area contributed by atoms with Gasteiger partial charge in [0, 0.05) is 48.6 Å². The highest BCUT2D eigenvalue weighted by atomic mass is 32.2. The molecule has 1 aliphatic heterocycles. The van der Waals surface area contributed by atoms with E-state index in [0.29, 0.717) is 18.1 Å². The molecule has 0 aromatic heterocycles. The van der Waals surface area contributed by atoms with Crippen molar-refractivity contribution in [3.63, 3.8) is 0 Å². The third-order valence-electron chi connectivity index (χ3n) is 6.74. The van der Waals surface area contributed by atoms with Gasteiger partial charge in [0.15, 0.2) is 0 Å². The Hall–Kier alpha value is -1.83. The quantitative estimate of drug-likeness (QED) is 0.141. The summed E-state index contributed by atoms with van der Waals surface area (Å²) in [5.41, 5.74) is 4.51. The molecule has 0 spiro atoms. The molecule has 1 aromatic rings. The Morgan fingerprint density at radius 3 is 2.69 bits per heavy atom. The Morgan fingerprint density at radius 2 is 2.06 bits per heavy atom. The molecule has 0 radical (unpaired) electrons. The predicted molar refractivity (Wildman–Crippen MR) is 150 cm³/mol. The summed E-state index contributed by atoms with van der Waals surface area (Å²) in [6.45, 7) is 23.3. The van der Waals surface area contributed by atoms with Crippen LogP contribution in [0.5, 0.6) is 0 Å². The van der Waals surface area contributed by atoms with E-state index in [1.807, 2.05) is 12.2 Å². The van der Waals surface area contributed by atoms with Crippen molar-refractivity contribution < 1.29 is 14.6 Å². The van der Waals surface area contributed by atoms with Crippen LogP contribution < -0.4 is 10.2 Å². The average molecular weight is 501 g/mol. The minimum absolute atomic E-state index is 0.235. The summed E-state index contributed by atoms with van der Waals surface area (Å²) in [7, 11) is 1.72. The largest absolute Gasteiger partial charge is 0.385 e. The number of methoxy groups -OCH3 is 1. The first kappa shape index (κ1) is 29.4. The lowest BCUT2D eigenvalue weighted by molar-refractivity contribution is 0.122. The predicted octanol–water partition coefficient (Wildman–Crippen LogP) is 5.64. The van der Waals surface area contributed by atoms with E-state index in [-0.39, 0.29) is 5.41 Å². The van der Waals surface area contributed by atoms with Gasteiger partial charge in [-0.3, -0.25) is 5.32 Å². The van der Waals surface area contributed by atoms with E-state index in [2.05, 4.69) is 62.9 Å². The molecule has 5 nitrogen and oxygen atoms in total. The van der Waals surface area contributed by atoms with Gasteiger partial charge in [0.1, 0.15) is 6.23 Å². The summed E-state index contributed by atoms with van der Waals surface area (Å²) < 4.78 is 10.8. The normalized spacial score (nSPS) is 16.8. The van der Waals surface area contributed by atoms with Crippen molar-refractivity contribution in [3.8, 4) is 0 Å². The number of morpholine rings is 1. The Morgan fingerprint density at radius 1 is 1.34 bits per heavy atom. The van der Waals surface area contributed by atoms with Crippen LogP contribution in [0.2, 0.25) is 0 Å². The van der Waals surface area contributed by atoms with Gasteiger partial charge in [-0.05, 0) is 49.0 Å². The summed E-state index contributed by atoms with van der Waals surface area (Å²) in [5.74, 6) is 0. The number of rotatable bonds is 15. The molecule has 2 N–H and O–H groups in total. The molecular formula is C29H44N2O3S. The van der Waals surface area contributed by atoms with Gasteiger partial charge in [0.25, 0.3) is 0 Å². The SMILES string of the molecule is C=C/C=C\C(=C)C(C)(CCCOC)CNC(O)C(=C)Sc1c(N2CCOCC2)ccc(CC)c1C. The van der Waals surface area contributed by atoms with E-state index in [9.17, 15) is 5.11 Å². The first-order chi connectivity index (χ1) is 16.8. The fourth-order valence-electron chi connectivity index (χ4n) is 4.26. The lowest BCUT2D eigenvalue weighted by Gasteiger charge is -2.33. The molecule has 1 heterocycles. The standard InChI is InChI=1S/C29H44N2O3S/c1-8-10-12-22(3)29(6,15-11-18-33-7)21-30-28(32)24(5)35-27-23(4)25(9-2)13-14-26(27)31-16-19-34-20-17-31/h8,10,12-14,28,30,32H,1,3,5,9,11,15-21H2,2,4,6-7H3/b12-10-. The maximum absolute atomic E-state index is 11.0. The van der Waals surface area contributed by atoms with Crippen molar-refractivity contribution >= 4 is 17.4 Å². The summed E-state index contributed by atoms with van der Waals surface area (Å²) in [6.07, 6.45) is 7.56. The number of aliphatic hydroxyl groups is 1. The number of aliphatic hydroxyl groups excluding tert-OH is 1. The maximum atomic E-state index is 11.0. The molecule has 2 rings (SSSR count). The molecule has 1 fully saturated rings. The van der Waals surface area contributed by atoms with Crippen molar-refractivity contribution in [2.24, 2.45) is 5.41 Å². The van der Waals surface area contributed by atoms with Gasteiger partial charge >= 0.3 is 0 Å². The molecule has 194 valence electrons. The molecule has 2 unspecified atom stereocenters. The molecule has 6 heteroatoms. The van der Waals surface area contributed by atoms with Crippen LogP contribution in [-0.4, -0.2) is 57.9 Å². The van der Waals surface area contributed by atoms with E-state index in [1.165, 1.54) is 21.7 Å². The van der Waals surface area contributed by atoms with E-state index >= 15 is 0 Å². The number of nitrogens with zero attached hydrogens (tertiary/aromatic N) is 1. The number of thioether (sulfide) groups is 1. The number of anilines is 1. The van der Waals surface area contributed by atoms with Crippen molar-refractivity contribution in [3.05, 3.63) is 71.7 Å². The van der Waals surface area contributed by atoms with E-state index in [1.54, 1.807) is 24.9 Å². The second-order valence-corrected chi connectivity index (χ2v) is 10.4. The summed E-state index contributed by atoms with van der Waals surface area (Å²) in [4.78, 5) is 4.22. The highest BCUT2D eigenvalue weighted by Gasteiger charge is 2.28. The molecule has 0 saturated carbocycles. The number of benzene rings is 1. The van der Waals surface area contributed by atoms with Gasteiger partial charge in [0.2, 0.25) is 0 Å². The Labute approximate surface area is 217 Å². The highest BCUT2D eigenvalue weighted by Crippen LogP contribution is 2.40. The van der Waals surface area contributed by atoms with E-state index in [4.69, 9.17) is 9.47 Å². The third-order valence-corrected chi connectivity index (χ3v) is 7.94. The minimum atomic E-state index is -0.847. The minimum Gasteiger partial charge on any atom is -0.385 e. The van der Waals surface area contributed by atoms with Gasteiger partial charge < -0.3 is 19.5 Å². The molecule has 0 aliphatic carbocycles. The molecule has 2 atom stereocenters. The van der Waals surface area contributed by atoms with Crippen LogP contribution in [0.15, 0.2) is 65.5 Å². The van der Waals surface area contributed by atoms with E-state index in [0.717, 1.165) is 51.1 Å². The van der Waals surface area contributed by atoms with Crippen LogP contribution in [-0.2, 0) is 15.9 Å². The molecule has 1 saturated heterocycles. The number of ether oxygens (including phenoxy) is 2. The Kier molecular flexibility index (Phi) is 12.3. The van der Waals surface area contributed by atoms with Crippen LogP contribution in [0.25, 0.3) is 0 Å². The molecule has 1 aliphatic rings. The zero-order chi connectivity index (χ0) is 25.8. The second-order valence-electron chi connectivity index (χ2n) is 9.28. The molecule has 0 bridgehead atoms. The van der Waals surface area contributed by atoms with Crippen LogP contribution >= 0.6 is 11.8 Å². The molecule has 1 aromatic carbocycles. The van der Waals surface area contributed by atoms with E-state index < -0.39 is 6.23 Å². The maximum Gasteiger partial charge on any atom is 0.136 e. The number of allylic oxidation sites excluding steroid dienone is 3. The van der Waals surface area contributed by atoms with Crippen molar-refractivity contribution in [1.82, 2.24) is 5.32 Å². The average Bonchev–Trinajstić information content (AvgIpc) is 2.87. The van der Waals surface area contributed by atoms with Gasteiger partial charge in [-0.15, -0.1) is 0 Å². The van der Waals surface area contributed by atoms with Gasteiger partial charge in [-0.25, -0.2) is 0 Å². The smallest absolute Gasteiger partial charge is 0.136 e. The molecule has 0 amide bonds. The zero-order valence-corrected chi connectivity index (χ0v) is 22.9. The fraction of sp³-hybridized carbons (Fsp3) is 0.517. The van der Waals surface area contributed by atoms with Gasteiger partial charge in [-0.2, -0.15) is 0 Å². The zero-order valence-electron chi connectivity index (χ0n) is 22.1. The fourth-order valence-corrected chi connectivity index (χ4v) is 5.30. The summed E-state index contributed by atoms with van der Waals surface area (Å²) in [6, 6.07) is 4.42. The van der Waals surface area contributed by atoms with Gasteiger partial charge in [0.05, 0.1) is 18.9 Å². The van der Waals surface area contributed by atoms with Crippen LogP contribution in [0, 0.1) is 12.3 Å². The monoisotopic (exact) mass is 500 g/mol. The van der Waals surface area contributed by atoms with Crippen molar-refractivity contribution in [2.75, 3.05) is 51.5 Å². The number of aryl methyl sites for hydroxylation is 1. The highest BCUT2D eigenvalue weighted by molar-refractivity contribution is 8.03. The third kappa shape index (κ3) is 8.36. The Bertz CT molecular complexity index is 892. The lowest BCUT2D eigenvalue weighted by atomic mass is 9.78. The first-order valence-corrected chi connectivity index (χ1v) is 13.3. The number of hydrogen-bond donors (Lipinski definition) is 2. The van der Waals surface area contributed by atoms with Crippen molar-refractivity contribution in [1.29, 1.82) is 0 Å². The number of nitrogens with one attached hydrogen (secondary N) is 1. The molecular weight excluding hydrogens is 456 g/mol. The summed E-state index contributed by atoms with van der Waals surface area (Å²) in [5, 5.41) is 14.4. The number of hydrogen-bond acceptors (Lipinski definition) is 6. The topological polar surface area (TPSA) is 54.0 Å².